The summed E-state index contributed by atoms with van der Waals surface area (Å²) in [6, 6.07) is -0.277. The molecule has 4 rings (SSSR count). The van der Waals surface area contributed by atoms with Crippen molar-refractivity contribution >= 4 is 65.0 Å². The standard InChI is InChI=1S/C38H51ClN4O14S/c1-19-10-9-11-27(54-8)38(52)16-26(55-36(51)41-38)20(2)32-37(4,57-32)28(15-29(44)43(6)24-13-22(12-19)14-25(53-7)31(24)39)56-34(49)21(3)42(5)35(50)40-23(33(47)48)17-58-18-30(45)46/h9-11,13-14,20-21,23,26-28,32,52H,12,15-18H2,1-8H3,(H,40,50)(H,41,51)(H,45,46)(H,47,48)/b11-9+,19-10+/t20?,21-,23-,26?,27?,28?,32?,37?,38?/m0/s1. The molecule has 0 radical (unpaired) electrons. The number of carboxylic acids is 2. The number of carbonyl (C=O) groups excluding carboxylic acids is 4. The molecule has 2 fully saturated rings. The fourth-order valence-electron chi connectivity index (χ4n) is 6.87. The third-order valence-electron chi connectivity index (χ3n) is 10.6. The van der Waals surface area contributed by atoms with E-state index in [0.717, 1.165) is 27.8 Å². The number of anilines is 1. The van der Waals surface area contributed by atoms with E-state index in [-0.39, 0.29) is 22.9 Å². The summed E-state index contributed by atoms with van der Waals surface area (Å²) in [4.78, 5) is 78.9. The minimum absolute atomic E-state index is 0.124. The van der Waals surface area contributed by atoms with E-state index in [0.29, 0.717) is 17.9 Å². The topological polar surface area (TPSA) is 243 Å². The molecule has 20 heteroatoms. The maximum Gasteiger partial charge on any atom is 0.409 e. The summed E-state index contributed by atoms with van der Waals surface area (Å²) >= 11 is 7.53. The number of aliphatic carboxylic acids is 2. The van der Waals surface area contributed by atoms with Crippen LogP contribution in [0.5, 0.6) is 5.75 Å². The van der Waals surface area contributed by atoms with Crippen LogP contribution < -0.4 is 20.3 Å². The number of methoxy groups -OCH3 is 2. The molecule has 58 heavy (non-hydrogen) atoms. The second kappa shape index (κ2) is 19.0. The number of rotatable bonds is 11. The highest BCUT2D eigenvalue weighted by molar-refractivity contribution is 8.00. The van der Waals surface area contributed by atoms with Crippen LogP contribution in [0.3, 0.4) is 0 Å². The molecular formula is C38H51ClN4O14S. The van der Waals surface area contributed by atoms with Gasteiger partial charge in [-0.25, -0.2) is 19.2 Å². The van der Waals surface area contributed by atoms with E-state index in [9.17, 15) is 39.0 Å². The lowest BCUT2D eigenvalue weighted by atomic mass is 9.83. The van der Waals surface area contributed by atoms with Crippen molar-refractivity contribution in [2.75, 3.05) is 44.7 Å². The number of epoxide rings is 1. The minimum atomic E-state index is -1.90. The van der Waals surface area contributed by atoms with Gasteiger partial charge in [-0.05, 0) is 44.9 Å². The molecule has 3 heterocycles. The van der Waals surface area contributed by atoms with E-state index in [2.05, 4.69) is 10.6 Å². The Morgan fingerprint density at radius 1 is 1.21 bits per heavy atom. The highest BCUT2D eigenvalue weighted by Gasteiger charge is 2.64. The van der Waals surface area contributed by atoms with Crippen LogP contribution in [0.25, 0.3) is 0 Å². The lowest BCUT2D eigenvalue weighted by Crippen LogP contribution is -2.63. The zero-order valence-electron chi connectivity index (χ0n) is 33.5. The van der Waals surface area contributed by atoms with Crippen molar-refractivity contribution in [1.82, 2.24) is 15.5 Å². The molecule has 320 valence electrons. The average molecular weight is 855 g/mol. The van der Waals surface area contributed by atoms with Crippen molar-refractivity contribution in [2.45, 2.75) is 94.8 Å². The monoisotopic (exact) mass is 854 g/mol. The van der Waals surface area contributed by atoms with Gasteiger partial charge < -0.3 is 54.1 Å². The van der Waals surface area contributed by atoms with E-state index in [4.69, 9.17) is 40.4 Å². The zero-order chi connectivity index (χ0) is 43.3. The van der Waals surface area contributed by atoms with Crippen LogP contribution in [0.1, 0.15) is 46.1 Å². The number of halogens is 1. The highest BCUT2D eigenvalue weighted by Crippen LogP contribution is 2.49. The van der Waals surface area contributed by atoms with Crippen molar-refractivity contribution in [3.63, 3.8) is 0 Å². The number of hydrogen-bond donors (Lipinski definition) is 5. The predicted molar refractivity (Wildman–Crippen MR) is 211 cm³/mol. The van der Waals surface area contributed by atoms with Crippen LogP contribution in [0.4, 0.5) is 15.3 Å². The van der Waals surface area contributed by atoms with Crippen molar-refractivity contribution in [2.24, 2.45) is 5.92 Å². The molecule has 7 unspecified atom stereocenters. The second-order valence-corrected chi connectivity index (χ2v) is 16.2. The van der Waals surface area contributed by atoms with E-state index < -0.39 is 96.1 Å². The number of alkyl carbamates (subject to hydrolysis) is 1. The summed E-state index contributed by atoms with van der Waals surface area (Å²) < 4.78 is 29.0. The first-order valence-electron chi connectivity index (χ1n) is 18.3. The number of fused-ring (bicyclic) bond motifs is 5. The van der Waals surface area contributed by atoms with Gasteiger partial charge in [-0.3, -0.25) is 14.9 Å². The van der Waals surface area contributed by atoms with Crippen LogP contribution in [-0.4, -0.2) is 144 Å². The Balaban J connectivity index is 1.70. The summed E-state index contributed by atoms with van der Waals surface area (Å²) in [5, 5.41) is 35.1. The second-order valence-electron chi connectivity index (χ2n) is 14.8. The zero-order valence-corrected chi connectivity index (χ0v) is 35.0. The van der Waals surface area contributed by atoms with Crippen LogP contribution in [-0.2, 0) is 44.5 Å². The highest BCUT2D eigenvalue weighted by atomic mass is 35.5. The number of esters is 1. The molecule has 3 aliphatic heterocycles. The van der Waals surface area contributed by atoms with Gasteiger partial charge in [0.2, 0.25) is 5.91 Å². The lowest BCUT2D eigenvalue weighted by molar-refractivity contribution is -0.158. The van der Waals surface area contributed by atoms with Gasteiger partial charge in [-0.15, -0.1) is 11.8 Å². The molecule has 2 saturated heterocycles. The minimum Gasteiger partial charge on any atom is -0.495 e. The quantitative estimate of drug-likeness (QED) is 0.159. The summed E-state index contributed by atoms with van der Waals surface area (Å²) in [7, 11) is 5.58. The number of benzene rings is 1. The van der Waals surface area contributed by atoms with Gasteiger partial charge in [0.25, 0.3) is 0 Å². The molecule has 3 aliphatic rings. The predicted octanol–water partition coefficient (Wildman–Crippen LogP) is 2.97. The number of likely N-dealkylation sites (N-methyl/N-ethyl adjacent to an activating group) is 1. The number of nitrogens with one attached hydrogen (secondary N) is 2. The first kappa shape index (κ1) is 46.1. The average Bonchev–Trinajstić information content (AvgIpc) is 3.85. The van der Waals surface area contributed by atoms with E-state index in [1.807, 2.05) is 13.0 Å². The van der Waals surface area contributed by atoms with Gasteiger partial charge in [0, 0.05) is 39.3 Å². The SMILES string of the molecule is COc1cc2cc(c1Cl)N(C)C(=O)CC(OC(=O)[C@H](C)N(C)C(=O)N[C@@H](CSCC(=O)O)C(=O)O)C1(C)OC1C(C)C1CC(O)(NC(=O)O1)C(OC)/C=C/C=C(\C)C2. The molecule has 0 spiro atoms. The third-order valence-corrected chi connectivity index (χ3v) is 12.0. The number of ether oxygens (including phenoxy) is 5. The fraction of sp³-hybridized carbons (Fsp3) is 0.579. The molecule has 1 aromatic carbocycles. The van der Waals surface area contributed by atoms with Crippen molar-refractivity contribution in [3.8, 4) is 5.75 Å². The first-order chi connectivity index (χ1) is 27.1. The Kier molecular flexibility index (Phi) is 15.1. The molecule has 9 atom stereocenters. The Hall–Kier alpha value is -4.56. The number of thioether (sulfide) groups is 1. The maximum absolute atomic E-state index is 14.2. The van der Waals surface area contributed by atoms with Gasteiger partial charge in [0.15, 0.2) is 5.72 Å². The number of aliphatic hydroxyl groups is 1. The van der Waals surface area contributed by atoms with Crippen LogP contribution >= 0.6 is 23.4 Å². The Bertz CT molecular complexity index is 1830. The molecule has 0 aromatic heterocycles. The number of carboxylic acid groups (broad SMARTS) is 2. The summed E-state index contributed by atoms with van der Waals surface area (Å²) in [5.74, 6) is -5.04. The smallest absolute Gasteiger partial charge is 0.409 e. The number of amides is 4. The van der Waals surface area contributed by atoms with Crippen LogP contribution in [0.2, 0.25) is 5.02 Å². The van der Waals surface area contributed by atoms with Crippen molar-refractivity contribution < 1.29 is 67.8 Å². The molecule has 0 aliphatic carbocycles. The van der Waals surface area contributed by atoms with E-state index in [1.165, 1.54) is 40.1 Å². The van der Waals surface area contributed by atoms with E-state index in [1.54, 1.807) is 38.1 Å². The molecule has 4 amide bonds. The summed E-state index contributed by atoms with van der Waals surface area (Å²) in [5.41, 5.74) is -1.32. The number of carbonyl (C=O) groups is 6. The van der Waals surface area contributed by atoms with Crippen molar-refractivity contribution in [1.29, 1.82) is 0 Å². The molecule has 1 aromatic rings. The largest absolute Gasteiger partial charge is 0.495 e. The van der Waals surface area contributed by atoms with Crippen molar-refractivity contribution in [3.05, 3.63) is 46.5 Å². The first-order valence-corrected chi connectivity index (χ1v) is 19.8. The van der Waals surface area contributed by atoms with Gasteiger partial charge in [0.1, 0.15) is 46.8 Å². The Morgan fingerprint density at radius 2 is 1.90 bits per heavy atom. The molecule has 0 saturated carbocycles. The molecular weight excluding hydrogens is 804 g/mol. The fourth-order valence-corrected chi connectivity index (χ4v) is 7.93. The van der Waals surface area contributed by atoms with Gasteiger partial charge in [-0.1, -0.05) is 42.3 Å². The number of nitrogens with zero attached hydrogens (tertiary/aromatic N) is 2. The van der Waals surface area contributed by atoms with E-state index >= 15 is 0 Å². The van der Waals surface area contributed by atoms with Gasteiger partial charge >= 0.3 is 30.0 Å². The summed E-state index contributed by atoms with van der Waals surface area (Å²) in [6.07, 6.45) is 0.0514. The number of allylic oxidation sites excluding steroid dienone is 3. The summed E-state index contributed by atoms with van der Waals surface area (Å²) in [6.45, 7) is 6.57. The van der Waals surface area contributed by atoms with Gasteiger partial charge in [0.05, 0.1) is 31.1 Å². The van der Waals surface area contributed by atoms with Gasteiger partial charge in [-0.2, -0.15) is 0 Å². The van der Waals surface area contributed by atoms with Crippen LogP contribution in [0, 0.1) is 5.92 Å². The normalized spacial score (nSPS) is 29.9. The Morgan fingerprint density at radius 3 is 2.52 bits per heavy atom. The number of hydrogen-bond acceptors (Lipinski definition) is 13. The molecule has 5 N–H and O–H groups in total. The lowest BCUT2D eigenvalue weighted by Gasteiger charge is -2.42. The van der Waals surface area contributed by atoms with Crippen LogP contribution in [0.15, 0.2) is 35.9 Å². The number of urea groups is 1. The Labute approximate surface area is 345 Å². The molecule has 18 nitrogen and oxygen atoms in total. The molecule has 4 bridgehead atoms. The third kappa shape index (κ3) is 10.7. The maximum atomic E-state index is 14.2.